The lowest BCUT2D eigenvalue weighted by Crippen LogP contribution is -2.21. The van der Waals surface area contributed by atoms with Crippen LogP contribution in [0.15, 0.2) is 78.0 Å². The molecule has 5 rings (SSSR count). The molecule has 35 heavy (non-hydrogen) atoms. The molecule has 1 saturated carbocycles. The van der Waals surface area contributed by atoms with E-state index in [2.05, 4.69) is 4.98 Å². The van der Waals surface area contributed by atoms with Crippen LogP contribution in [0.25, 0.3) is 11.1 Å². The first-order valence-electron chi connectivity index (χ1n) is 11.1. The highest BCUT2D eigenvalue weighted by Crippen LogP contribution is 2.36. The second-order valence-corrected chi connectivity index (χ2v) is 8.84. The minimum Gasteiger partial charge on any atom is -0.437 e. The van der Waals surface area contributed by atoms with Crippen molar-refractivity contribution < 1.29 is 13.9 Å². The number of carbonyl (C=O) groups excluding carboxylic acids is 1. The molecule has 0 aliphatic heterocycles. The summed E-state index contributed by atoms with van der Waals surface area (Å²) in [6.07, 6.45) is 6.88. The van der Waals surface area contributed by atoms with Crippen LogP contribution in [0.5, 0.6) is 11.6 Å². The van der Waals surface area contributed by atoms with Gasteiger partial charge in [-0.3, -0.25) is 9.59 Å². The second-order valence-electron chi connectivity index (χ2n) is 8.47. The number of Topliss-reactive ketones (excluding diaryl/α,β-unsaturated/α-hetero) is 1. The van der Waals surface area contributed by atoms with Gasteiger partial charge >= 0.3 is 0 Å². The van der Waals surface area contributed by atoms with Crippen molar-refractivity contribution in [3.05, 3.63) is 105 Å². The van der Waals surface area contributed by atoms with Crippen LogP contribution in [0.4, 0.5) is 10.1 Å². The van der Waals surface area contributed by atoms with Gasteiger partial charge in [0.2, 0.25) is 5.88 Å². The largest absolute Gasteiger partial charge is 0.437 e. The minimum atomic E-state index is -0.388. The predicted octanol–water partition coefficient (Wildman–Crippen LogP) is 5.84. The minimum absolute atomic E-state index is 0.000894. The number of rotatable bonds is 7. The number of anilines is 1. The van der Waals surface area contributed by atoms with E-state index < -0.39 is 0 Å². The summed E-state index contributed by atoms with van der Waals surface area (Å²) in [5, 5.41) is 0.293. The summed E-state index contributed by atoms with van der Waals surface area (Å²) >= 11 is 6.16. The number of ether oxygens (including phenoxy) is 1. The van der Waals surface area contributed by atoms with Crippen LogP contribution < -0.4 is 15.9 Å². The van der Waals surface area contributed by atoms with Gasteiger partial charge in [0.15, 0.2) is 11.2 Å². The van der Waals surface area contributed by atoms with Gasteiger partial charge in [0.05, 0.1) is 11.3 Å². The first-order valence-corrected chi connectivity index (χ1v) is 11.5. The molecule has 0 amide bonds. The third kappa shape index (κ3) is 4.95. The van der Waals surface area contributed by atoms with Crippen molar-refractivity contribution in [3.8, 4) is 22.8 Å². The molecule has 2 heterocycles. The molecule has 0 radical (unpaired) electrons. The number of carbonyl (C=O) groups is 1. The molecule has 4 aromatic rings. The number of nitrogen functional groups attached to an aromatic ring is 1. The van der Waals surface area contributed by atoms with Crippen LogP contribution in [-0.4, -0.2) is 15.3 Å². The highest BCUT2D eigenvalue weighted by atomic mass is 35.5. The van der Waals surface area contributed by atoms with E-state index in [0.29, 0.717) is 39.0 Å². The summed E-state index contributed by atoms with van der Waals surface area (Å²) in [4.78, 5) is 30.6. The maximum Gasteiger partial charge on any atom is 0.219 e. The quantitative estimate of drug-likeness (QED) is 0.260. The highest BCUT2D eigenvalue weighted by Gasteiger charge is 2.26. The Hall–Kier alpha value is -3.97. The third-order valence-corrected chi connectivity index (χ3v) is 6.24. The average molecular weight is 490 g/mol. The Kier molecular flexibility index (Phi) is 6.09. The lowest BCUT2D eigenvalue weighted by atomic mass is 10.0. The Morgan fingerprint density at radius 3 is 2.57 bits per heavy atom. The average Bonchev–Trinajstić information content (AvgIpc) is 3.70. The molecule has 0 unspecified atom stereocenters. The number of benzene rings is 2. The molecule has 2 N–H and O–H groups in total. The van der Waals surface area contributed by atoms with Crippen LogP contribution in [-0.2, 0) is 6.42 Å². The molecular formula is C27H21ClFN3O3. The zero-order valence-corrected chi connectivity index (χ0v) is 19.3. The Bertz CT molecular complexity index is 1460. The number of halogens is 2. The molecule has 6 nitrogen and oxygen atoms in total. The van der Waals surface area contributed by atoms with Gasteiger partial charge in [0.1, 0.15) is 16.6 Å². The summed E-state index contributed by atoms with van der Waals surface area (Å²) in [5.41, 5.74) is 7.50. The summed E-state index contributed by atoms with van der Waals surface area (Å²) in [6, 6.07) is 14.4. The van der Waals surface area contributed by atoms with E-state index in [1.807, 2.05) is 4.57 Å². The van der Waals surface area contributed by atoms with E-state index in [1.165, 1.54) is 18.3 Å². The second kappa shape index (κ2) is 9.35. The summed E-state index contributed by atoms with van der Waals surface area (Å²) < 4.78 is 21.0. The number of hydrogen-bond acceptors (Lipinski definition) is 5. The fourth-order valence-electron chi connectivity index (χ4n) is 3.79. The predicted molar refractivity (Wildman–Crippen MR) is 133 cm³/mol. The van der Waals surface area contributed by atoms with Gasteiger partial charge in [-0.25, -0.2) is 9.37 Å². The smallest absolute Gasteiger partial charge is 0.219 e. The number of nitrogens with two attached hydrogens (primary N) is 1. The monoisotopic (exact) mass is 489 g/mol. The van der Waals surface area contributed by atoms with Gasteiger partial charge in [-0.2, -0.15) is 0 Å². The lowest BCUT2D eigenvalue weighted by molar-refractivity contribution is 0.0991. The van der Waals surface area contributed by atoms with E-state index in [4.69, 9.17) is 22.1 Å². The van der Waals surface area contributed by atoms with Gasteiger partial charge in [0, 0.05) is 42.7 Å². The first-order chi connectivity index (χ1) is 16.9. The van der Waals surface area contributed by atoms with E-state index in [0.717, 1.165) is 12.8 Å². The number of aromatic nitrogens is 2. The van der Waals surface area contributed by atoms with Gasteiger partial charge < -0.3 is 15.0 Å². The molecule has 0 spiro atoms. The summed E-state index contributed by atoms with van der Waals surface area (Å²) in [5.74, 6) is -0.0338. The Morgan fingerprint density at radius 1 is 1.11 bits per heavy atom. The van der Waals surface area contributed by atoms with Crippen molar-refractivity contribution in [1.82, 2.24) is 9.55 Å². The van der Waals surface area contributed by atoms with E-state index in [1.54, 1.807) is 54.9 Å². The van der Waals surface area contributed by atoms with Gasteiger partial charge in [-0.05, 0) is 48.2 Å². The van der Waals surface area contributed by atoms with Crippen LogP contribution >= 0.6 is 11.6 Å². The SMILES string of the molecule is Nc1cccc(Oc2ccc(CC(=O)c3cn(C4CC4)cc(-c4ccc(F)cc4)c3=O)cn2)c1Cl. The van der Waals surface area contributed by atoms with Crippen molar-refractivity contribution in [3.63, 3.8) is 0 Å². The van der Waals surface area contributed by atoms with Gasteiger partial charge in [0.25, 0.3) is 0 Å². The Morgan fingerprint density at radius 2 is 1.89 bits per heavy atom. The standard InChI is InChI=1S/C27H21ClFN3O3/c28-26-22(30)2-1-3-24(26)35-25-11-4-16(13-31-25)12-23(33)21-15-32(19-9-10-19)14-20(27(21)34)17-5-7-18(29)8-6-17/h1-8,11,13-15,19H,9-10,12,30H2. The van der Waals surface area contributed by atoms with Crippen molar-refractivity contribution in [1.29, 1.82) is 0 Å². The molecule has 1 aliphatic rings. The molecule has 2 aromatic heterocycles. The van der Waals surface area contributed by atoms with Crippen LogP contribution in [0.2, 0.25) is 5.02 Å². The fourth-order valence-corrected chi connectivity index (χ4v) is 3.96. The molecular weight excluding hydrogens is 469 g/mol. The lowest BCUT2D eigenvalue weighted by Gasteiger charge is -2.12. The summed E-state index contributed by atoms with van der Waals surface area (Å²) in [6.45, 7) is 0. The summed E-state index contributed by atoms with van der Waals surface area (Å²) in [7, 11) is 0. The van der Waals surface area contributed by atoms with E-state index in [9.17, 15) is 14.0 Å². The fraction of sp³-hybridized carbons (Fsp3) is 0.148. The van der Waals surface area contributed by atoms with Crippen LogP contribution in [0, 0.1) is 5.82 Å². The maximum atomic E-state index is 13.4. The number of hydrogen-bond donors (Lipinski definition) is 1. The zero-order valence-electron chi connectivity index (χ0n) is 18.6. The van der Waals surface area contributed by atoms with E-state index in [-0.39, 0.29) is 35.1 Å². The molecule has 1 fully saturated rings. The first kappa shape index (κ1) is 22.8. The zero-order chi connectivity index (χ0) is 24.5. The molecule has 0 saturated heterocycles. The van der Waals surface area contributed by atoms with Gasteiger partial charge in [-0.1, -0.05) is 35.9 Å². The molecule has 0 atom stereocenters. The molecule has 1 aliphatic carbocycles. The Labute approximate surface area is 205 Å². The number of nitrogens with zero attached hydrogens (tertiary/aromatic N) is 2. The normalized spacial score (nSPS) is 13.0. The van der Waals surface area contributed by atoms with Crippen LogP contribution in [0.1, 0.15) is 34.8 Å². The van der Waals surface area contributed by atoms with E-state index >= 15 is 0 Å². The topological polar surface area (TPSA) is 87.2 Å². The van der Waals surface area contributed by atoms with Crippen molar-refractivity contribution in [2.24, 2.45) is 0 Å². The highest BCUT2D eigenvalue weighted by molar-refractivity contribution is 6.34. The molecule has 2 aromatic carbocycles. The third-order valence-electron chi connectivity index (χ3n) is 5.84. The van der Waals surface area contributed by atoms with Crippen molar-refractivity contribution in [2.45, 2.75) is 25.3 Å². The molecule has 8 heteroatoms. The van der Waals surface area contributed by atoms with Crippen molar-refractivity contribution >= 4 is 23.1 Å². The maximum absolute atomic E-state index is 13.4. The number of pyridine rings is 2. The molecule has 0 bridgehead atoms. The molecule has 176 valence electrons. The van der Waals surface area contributed by atoms with Crippen LogP contribution in [0.3, 0.4) is 0 Å². The van der Waals surface area contributed by atoms with Gasteiger partial charge in [-0.15, -0.1) is 0 Å². The van der Waals surface area contributed by atoms with Crippen molar-refractivity contribution in [2.75, 3.05) is 5.73 Å². The Balaban J connectivity index is 1.39. The number of ketones is 1.